The first-order chi connectivity index (χ1) is 16.2. The Bertz CT molecular complexity index is 1000. The van der Waals surface area contributed by atoms with E-state index in [2.05, 4.69) is 45.0 Å². The van der Waals surface area contributed by atoms with Gasteiger partial charge in [-0.05, 0) is 60.4 Å². The molecule has 2 aromatic rings. The summed E-state index contributed by atoms with van der Waals surface area (Å²) < 4.78 is 22.9. The van der Waals surface area contributed by atoms with Gasteiger partial charge in [0.25, 0.3) is 0 Å². The van der Waals surface area contributed by atoms with E-state index in [4.69, 9.17) is 18.9 Å². The fraction of sp³-hybridized carbons (Fsp3) is 0.483. The third-order valence-corrected chi connectivity index (χ3v) is 6.70. The summed E-state index contributed by atoms with van der Waals surface area (Å²) in [6.07, 6.45) is 2.43. The molecule has 1 saturated heterocycles. The topological polar surface area (TPSA) is 54.0 Å². The minimum atomic E-state index is -0.284. The van der Waals surface area contributed by atoms with Crippen LogP contribution in [0.25, 0.3) is 0 Å². The highest BCUT2D eigenvalue weighted by atomic mass is 16.5. The number of hydrogen-bond acceptors (Lipinski definition) is 5. The standard InChI is InChI=1S/C29H38O5/c1-8-19(2)28(30)34-18-24-22(15-20-9-12-23(13-10-20)29(3,4)5)17-33-27(24)21-11-14-25(31-6)26(16-21)32-7/h8-14,16,22,24,27H,15,17-18H2,1-7H3/t22-,24-,27+/m0/s1. The van der Waals surface area contributed by atoms with E-state index in [0.29, 0.717) is 30.3 Å². The minimum absolute atomic E-state index is 0.0222. The van der Waals surface area contributed by atoms with Crippen molar-refractivity contribution in [2.45, 2.75) is 52.6 Å². The number of rotatable bonds is 8. The van der Waals surface area contributed by atoms with E-state index >= 15 is 0 Å². The average molecular weight is 467 g/mol. The summed E-state index contributed by atoms with van der Waals surface area (Å²) in [4.78, 5) is 12.4. The first-order valence-corrected chi connectivity index (χ1v) is 11.9. The molecular formula is C29H38O5. The molecule has 34 heavy (non-hydrogen) atoms. The van der Waals surface area contributed by atoms with Gasteiger partial charge in [0.2, 0.25) is 0 Å². The van der Waals surface area contributed by atoms with Crippen molar-refractivity contribution in [2.24, 2.45) is 11.8 Å². The van der Waals surface area contributed by atoms with Gasteiger partial charge in [0, 0.05) is 11.5 Å². The lowest BCUT2D eigenvalue weighted by Crippen LogP contribution is -2.24. The molecule has 1 aliphatic heterocycles. The van der Waals surface area contributed by atoms with Crippen LogP contribution in [0, 0.1) is 11.8 Å². The summed E-state index contributed by atoms with van der Waals surface area (Å²) in [7, 11) is 3.25. The molecule has 5 heteroatoms. The Balaban J connectivity index is 1.84. The highest BCUT2D eigenvalue weighted by Gasteiger charge is 2.39. The van der Waals surface area contributed by atoms with Crippen LogP contribution in [0.3, 0.4) is 0 Å². The maximum atomic E-state index is 12.4. The molecule has 0 spiro atoms. The Morgan fingerprint density at radius 3 is 2.32 bits per heavy atom. The fourth-order valence-corrected chi connectivity index (χ4v) is 4.38. The molecule has 5 nitrogen and oxygen atoms in total. The molecule has 0 aromatic heterocycles. The van der Waals surface area contributed by atoms with Gasteiger partial charge in [0.05, 0.1) is 33.5 Å². The summed E-state index contributed by atoms with van der Waals surface area (Å²) >= 11 is 0. The van der Waals surface area contributed by atoms with Crippen molar-refractivity contribution >= 4 is 5.97 Å². The van der Waals surface area contributed by atoms with Crippen LogP contribution < -0.4 is 9.47 Å². The lowest BCUT2D eigenvalue weighted by atomic mass is 9.82. The second kappa shape index (κ2) is 11.1. The van der Waals surface area contributed by atoms with E-state index in [9.17, 15) is 4.79 Å². The summed E-state index contributed by atoms with van der Waals surface area (Å²) in [5.41, 5.74) is 4.29. The lowest BCUT2D eigenvalue weighted by molar-refractivity contribution is -0.141. The summed E-state index contributed by atoms with van der Waals surface area (Å²) in [5.74, 6) is 1.29. The van der Waals surface area contributed by atoms with Gasteiger partial charge in [-0.25, -0.2) is 4.79 Å². The van der Waals surface area contributed by atoms with Crippen molar-refractivity contribution in [1.82, 2.24) is 0 Å². The minimum Gasteiger partial charge on any atom is -0.493 e. The van der Waals surface area contributed by atoms with Crippen LogP contribution in [0.15, 0.2) is 54.1 Å². The van der Waals surface area contributed by atoms with E-state index in [1.165, 1.54) is 11.1 Å². The molecule has 1 fully saturated rings. The molecule has 2 aromatic carbocycles. The molecule has 1 heterocycles. The number of carbonyl (C=O) groups excluding carboxylic acids is 1. The highest BCUT2D eigenvalue weighted by molar-refractivity contribution is 5.87. The molecule has 0 unspecified atom stereocenters. The van der Waals surface area contributed by atoms with E-state index in [1.54, 1.807) is 27.2 Å². The normalized spacial score (nSPS) is 20.8. The van der Waals surface area contributed by atoms with Crippen LogP contribution in [0.5, 0.6) is 11.5 Å². The van der Waals surface area contributed by atoms with Gasteiger partial charge in [-0.3, -0.25) is 0 Å². The summed E-state index contributed by atoms with van der Waals surface area (Å²) in [5, 5.41) is 0. The molecule has 0 N–H and O–H groups in total. The molecule has 3 rings (SSSR count). The van der Waals surface area contributed by atoms with E-state index in [1.807, 2.05) is 25.1 Å². The molecule has 1 aliphatic rings. The zero-order valence-electron chi connectivity index (χ0n) is 21.5. The first-order valence-electron chi connectivity index (χ1n) is 11.9. The van der Waals surface area contributed by atoms with Gasteiger partial charge < -0.3 is 18.9 Å². The number of ether oxygens (including phenoxy) is 4. The average Bonchev–Trinajstić information content (AvgIpc) is 3.23. The molecule has 184 valence electrons. The van der Waals surface area contributed by atoms with Crippen molar-refractivity contribution in [3.63, 3.8) is 0 Å². The van der Waals surface area contributed by atoms with Crippen LogP contribution in [0.2, 0.25) is 0 Å². The summed E-state index contributed by atoms with van der Waals surface area (Å²) in [6, 6.07) is 14.7. The monoisotopic (exact) mass is 466 g/mol. The Kier molecular flexibility index (Phi) is 8.42. The molecule has 0 aliphatic carbocycles. The highest BCUT2D eigenvalue weighted by Crippen LogP contribution is 2.42. The van der Waals surface area contributed by atoms with Gasteiger partial charge in [0.1, 0.15) is 0 Å². The van der Waals surface area contributed by atoms with Gasteiger partial charge in [-0.1, -0.05) is 57.2 Å². The second-order valence-electron chi connectivity index (χ2n) is 10.0. The van der Waals surface area contributed by atoms with Gasteiger partial charge >= 0.3 is 5.97 Å². The second-order valence-corrected chi connectivity index (χ2v) is 10.0. The largest absolute Gasteiger partial charge is 0.493 e. The quantitative estimate of drug-likeness (QED) is 0.350. The van der Waals surface area contributed by atoms with Crippen molar-refractivity contribution in [3.8, 4) is 11.5 Å². The maximum Gasteiger partial charge on any atom is 0.333 e. The molecule has 0 bridgehead atoms. The predicted molar refractivity (Wildman–Crippen MR) is 134 cm³/mol. The van der Waals surface area contributed by atoms with Crippen LogP contribution in [-0.2, 0) is 26.1 Å². The van der Waals surface area contributed by atoms with Gasteiger partial charge in [-0.2, -0.15) is 0 Å². The fourth-order valence-electron chi connectivity index (χ4n) is 4.38. The molecule has 0 radical (unpaired) electrons. The molecular weight excluding hydrogens is 428 g/mol. The zero-order valence-corrected chi connectivity index (χ0v) is 21.5. The van der Waals surface area contributed by atoms with Gasteiger partial charge in [0.15, 0.2) is 11.5 Å². The number of carbonyl (C=O) groups is 1. The number of methoxy groups -OCH3 is 2. The number of hydrogen-bond donors (Lipinski definition) is 0. The van der Waals surface area contributed by atoms with Crippen molar-refractivity contribution in [3.05, 3.63) is 70.8 Å². The Hall–Kier alpha value is -2.79. The molecule has 0 saturated carbocycles. The smallest absolute Gasteiger partial charge is 0.333 e. The Morgan fingerprint density at radius 1 is 1.06 bits per heavy atom. The van der Waals surface area contributed by atoms with Crippen LogP contribution >= 0.6 is 0 Å². The predicted octanol–water partition coefficient (Wildman–Crippen LogP) is 6.06. The van der Waals surface area contributed by atoms with Crippen molar-refractivity contribution in [2.75, 3.05) is 27.4 Å². The molecule has 3 atom stereocenters. The Morgan fingerprint density at radius 2 is 1.74 bits per heavy atom. The molecule has 0 amide bonds. The number of benzene rings is 2. The van der Waals surface area contributed by atoms with Crippen molar-refractivity contribution < 1.29 is 23.7 Å². The SMILES string of the molecule is CC=C(C)C(=O)OC[C@H]1[C@@H](Cc2ccc(C(C)(C)C)cc2)CO[C@@H]1c1ccc(OC)c(OC)c1. The van der Waals surface area contributed by atoms with Crippen LogP contribution in [0.1, 0.15) is 57.4 Å². The van der Waals surface area contributed by atoms with Crippen molar-refractivity contribution in [1.29, 1.82) is 0 Å². The van der Waals surface area contributed by atoms with E-state index in [-0.39, 0.29) is 29.3 Å². The maximum absolute atomic E-state index is 12.4. The third-order valence-electron chi connectivity index (χ3n) is 6.70. The number of esters is 1. The van der Waals surface area contributed by atoms with Crippen LogP contribution in [-0.4, -0.2) is 33.4 Å². The number of allylic oxidation sites excluding steroid dienone is 1. The van der Waals surface area contributed by atoms with E-state index < -0.39 is 0 Å². The Labute approximate surface area is 204 Å². The first kappa shape index (κ1) is 25.8. The zero-order chi connectivity index (χ0) is 24.9. The van der Waals surface area contributed by atoms with Gasteiger partial charge in [-0.15, -0.1) is 0 Å². The van der Waals surface area contributed by atoms with Crippen LogP contribution in [0.4, 0.5) is 0 Å². The third kappa shape index (κ3) is 6.01. The summed E-state index contributed by atoms with van der Waals surface area (Å²) in [6.45, 7) is 11.2. The van der Waals surface area contributed by atoms with E-state index in [0.717, 1.165) is 12.0 Å². The lowest BCUT2D eigenvalue weighted by Gasteiger charge is -2.24.